The van der Waals surface area contributed by atoms with E-state index in [9.17, 15) is 18.7 Å². The number of hydrogen-bond acceptors (Lipinski definition) is 5. The highest BCUT2D eigenvalue weighted by Gasteiger charge is 2.30. The maximum Gasteiger partial charge on any atom is 0.354 e. The molecule has 3 rings (SSSR count). The molecule has 0 aliphatic carbocycles. The van der Waals surface area contributed by atoms with Crippen molar-refractivity contribution in [2.75, 3.05) is 14.2 Å². The highest BCUT2D eigenvalue weighted by atomic mass is 19.1. The number of rotatable bonds is 6. The van der Waals surface area contributed by atoms with Crippen molar-refractivity contribution in [3.05, 3.63) is 71.2 Å². The normalized spacial score (nSPS) is 10.8. The molecule has 0 bridgehead atoms. The minimum Gasteiger partial charge on any atom is -0.497 e. The van der Waals surface area contributed by atoms with Gasteiger partial charge in [0.2, 0.25) is 0 Å². The zero-order chi connectivity index (χ0) is 24.1. The van der Waals surface area contributed by atoms with Gasteiger partial charge in [0.05, 0.1) is 31.3 Å². The number of carboxylic acid groups (broad SMARTS) is 1. The van der Waals surface area contributed by atoms with E-state index in [1.807, 2.05) is 13.8 Å². The summed E-state index contributed by atoms with van der Waals surface area (Å²) in [5.74, 6) is -1.90. The molecule has 2 aromatic heterocycles. The van der Waals surface area contributed by atoms with Crippen LogP contribution in [0.25, 0.3) is 11.3 Å². The van der Waals surface area contributed by atoms with Gasteiger partial charge in [-0.05, 0) is 26.0 Å². The molecule has 1 N–H and O–H groups in total. The van der Waals surface area contributed by atoms with Crippen molar-refractivity contribution >= 4 is 5.97 Å². The van der Waals surface area contributed by atoms with Crippen LogP contribution in [-0.4, -0.2) is 35.3 Å². The summed E-state index contributed by atoms with van der Waals surface area (Å²) in [4.78, 5) is 20.2. The number of benzene rings is 1. The van der Waals surface area contributed by atoms with E-state index in [-0.39, 0.29) is 17.0 Å². The maximum atomic E-state index is 14.3. The van der Waals surface area contributed by atoms with Gasteiger partial charge in [0.25, 0.3) is 0 Å². The number of pyridine rings is 2. The monoisotopic (exact) mass is 444 g/mol. The van der Waals surface area contributed by atoms with Crippen LogP contribution in [0.4, 0.5) is 8.78 Å². The van der Waals surface area contributed by atoms with Gasteiger partial charge in [0, 0.05) is 41.3 Å². The second-order valence-corrected chi connectivity index (χ2v) is 7.11. The second-order valence-electron chi connectivity index (χ2n) is 7.11. The Balaban J connectivity index is 0.00000176. The number of halogens is 2. The molecule has 170 valence electrons. The van der Waals surface area contributed by atoms with Crippen LogP contribution in [0, 0.1) is 11.6 Å². The molecule has 0 aliphatic rings. The molecule has 0 saturated carbocycles. The van der Waals surface area contributed by atoms with E-state index in [0.29, 0.717) is 22.9 Å². The first kappa shape index (κ1) is 24.7. The van der Waals surface area contributed by atoms with Gasteiger partial charge in [-0.1, -0.05) is 13.8 Å². The first-order valence-electron chi connectivity index (χ1n) is 9.97. The van der Waals surface area contributed by atoms with Gasteiger partial charge in [0.1, 0.15) is 23.1 Å². The van der Waals surface area contributed by atoms with Gasteiger partial charge in [-0.2, -0.15) is 0 Å². The average Bonchev–Trinajstić information content (AvgIpc) is 2.79. The minimum absolute atomic E-state index is 0.108. The smallest absolute Gasteiger partial charge is 0.354 e. The third-order valence-electron chi connectivity index (χ3n) is 4.78. The van der Waals surface area contributed by atoms with E-state index in [1.54, 1.807) is 26.0 Å². The topological polar surface area (TPSA) is 81.5 Å². The summed E-state index contributed by atoms with van der Waals surface area (Å²) in [6, 6.07) is 9.36. The number of nitrogens with zero attached hydrogens (tertiary/aromatic N) is 2. The Bertz CT molecular complexity index is 1120. The molecule has 3 aromatic rings. The van der Waals surface area contributed by atoms with Crippen molar-refractivity contribution in [3.8, 4) is 22.8 Å². The van der Waals surface area contributed by atoms with Crippen molar-refractivity contribution in [1.29, 1.82) is 0 Å². The van der Waals surface area contributed by atoms with Gasteiger partial charge in [0.15, 0.2) is 5.69 Å². The van der Waals surface area contributed by atoms with E-state index < -0.39 is 23.0 Å². The van der Waals surface area contributed by atoms with Gasteiger partial charge in [-0.25, -0.2) is 18.6 Å². The first-order chi connectivity index (χ1) is 15.1. The van der Waals surface area contributed by atoms with Crippen LogP contribution in [0.15, 0.2) is 42.5 Å². The Morgan fingerprint density at radius 2 is 1.47 bits per heavy atom. The molecule has 2 heterocycles. The number of aromatic nitrogens is 2. The van der Waals surface area contributed by atoms with Crippen LogP contribution in [0.2, 0.25) is 0 Å². The zero-order valence-electron chi connectivity index (χ0n) is 18.9. The lowest BCUT2D eigenvalue weighted by Crippen LogP contribution is -2.24. The Kier molecular flexibility index (Phi) is 7.86. The summed E-state index contributed by atoms with van der Waals surface area (Å²) in [6.07, 6.45) is 0. The average molecular weight is 444 g/mol. The summed E-state index contributed by atoms with van der Waals surface area (Å²) >= 11 is 0. The Morgan fingerprint density at radius 3 is 2.00 bits per heavy atom. The molecular formula is C24H26F2N2O4. The lowest BCUT2D eigenvalue weighted by molar-refractivity contribution is 0.0689. The molecule has 0 unspecified atom stereocenters. The molecule has 0 fully saturated rings. The third kappa shape index (κ3) is 5.19. The maximum absolute atomic E-state index is 14.3. The van der Waals surface area contributed by atoms with Gasteiger partial charge < -0.3 is 14.6 Å². The highest BCUT2D eigenvalue weighted by Crippen LogP contribution is 2.35. The number of hydrogen-bond donors (Lipinski definition) is 1. The fourth-order valence-corrected chi connectivity index (χ4v) is 2.96. The van der Waals surface area contributed by atoms with E-state index in [2.05, 4.69) is 9.97 Å². The zero-order valence-corrected chi connectivity index (χ0v) is 18.9. The summed E-state index contributed by atoms with van der Waals surface area (Å²) < 4.78 is 38.2. The minimum atomic E-state index is -1.20. The summed E-state index contributed by atoms with van der Waals surface area (Å²) in [5.41, 5.74) is 0.139. The fraction of sp³-hybridized carbons (Fsp3) is 0.292. The molecule has 0 saturated heterocycles. The van der Waals surface area contributed by atoms with E-state index in [4.69, 9.17) is 9.47 Å². The SMILES string of the molecule is CC.COc1cc(C(=O)O)nc(C(C)(C)c2cc(OC)cc(-c3ccc(F)cc3F)n2)c1. The van der Waals surface area contributed by atoms with Crippen molar-refractivity contribution in [1.82, 2.24) is 9.97 Å². The standard InChI is InChI=1S/C22H20F2N2O4.C2H6/c1-22(2,20-11-14(30-4)9-18(26-20)21(27)28)19-10-13(29-3)8-17(25-19)15-6-5-12(23)7-16(15)24;1-2/h5-11H,1-4H3,(H,27,28);1-2H3. The summed E-state index contributed by atoms with van der Waals surface area (Å²) in [7, 11) is 2.89. The molecular weight excluding hydrogens is 418 g/mol. The van der Waals surface area contributed by atoms with E-state index >= 15 is 0 Å². The Labute approximate surface area is 185 Å². The van der Waals surface area contributed by atoms with Crippen molar-refractivity contribution < 1.29 is 28.2 Å². The van der Waals surface area contributed by atoms with Crippen LogP contribution >= 0.6 is 0 Å². The summed E-state index contributed by atoms with van der Waals surface area (Å²) in [6.45, 7) is 7.60. The van der Waals surface area contributed by atoms with Crippen LogP contribution < -0.4 is 9.47 Å². The molecule has 0 spiro atoms. The van der Waals surface area contributed by atoms with Crippen molar-refractivity contribution in [2.45, 2.75) is 33.1 Å². The number of carboxylic acids is 1. The van der Waals surface area contributed by atoms with Crippen LogP contribution in [0.5, 0.6) is 11.5 Å². The quantitative estimate of drug-likeness (QED) is 0.542. The first-order valence-corrected chi connectivity index (χ1v) is 9.97. The molecule has 0 atom stereocenters. The second kappa shape index (κ2) is 10.2. The number of aromatic carboxylic acids is 1. The lowest BCUT2D eigenvalue weighted by atomic mass is 9.84. The number of ether oxygens (including phenoxy) is 2. The van der Waals surface area contributed by atoms with Crippen LogP contribution in [0.1, 0.15) is 49.6 Å². The molecule has 8 heteroatoms. The molecule has 1 aromatic carbocycles. The van der Waals surface area contributed by atoms with Gasteiger partial charge in [-0.3, -0.25) is 4.98 Å². The van der Waals surface area contributed by atoms with Gasteiger partial charge >= 0.3 is 5.97 Å². The molecule has 0 aliphatic heterocycles. The predicted molar refractivity (Wildman–Crippen MR) is 117 cm³/mol. The van der Waals surface area contributed by atoms with Gasteiger partial charge in [-0.15, -0.1) is 0 Å². The number of methoxy groups -OCH3 is 2. The van der Waals surface area contributed by atoms with Crippen molar-refractivity contribution in [3.63, 3.8) is 0 Å². The predicted octanol–water partition coefficient (Wildman–Crippen LogP) is 5.49. The van der Waals surface area contributed by atoms with Crippen molar-refractivity contribution in [2.24, 2.45) is 0 Å². The summed E-state index contributed by atoms with van der Waals surface area (Å²) in [5, 5.41) is 9.37. The molecule has 0 amide bonds. The largest absolute Gasteiger partial charge is 0.497 e. The highest BCUT2D eigenvalue weighted by molar-refractivity contribution is 5.85. The molecule has 6 nitrogen and oxygen atoms in total. The molecule has 32 heavy (non-hydrogen) atoms. The van der Waals surface area contributed by atoms with E-state index in [1.165, 1.54) is 32.4 Å². The Hall–Kier alpha value is -3.55. The fourth-order valence-electron chi connectivity index (χ4n) is 2.96. The molecule has 0 radical (unpaired) electrons. The lowest BCUT2D eigenvalue weighted by Gasteiger charge is -2.25. The van der Waals surface area contributed by atoms with Crippen LogP contribution in [-0.2, 0) is 5.41 Å². The number of carbonyl (C=O) groups is 1. The third-order valence-corrected chi connectivity index (χ3v) is 4.78. The van der Waals surface area contributed by atoms with E-state index in [0.717, 1.165) is 12.1 Å². The Morgan fingerprint density at radius 1 is 0.906 bits per heavy atom. The van der Waals surface area contributed by atoms with Crippen LogP contribution in [0.3, 0.4) is 0 Å².